The molecule has 1 aliphatic carbocycles. The summed E-state index contributed by atoms with van der Waals surface area (Å²) in [5.74, 6) is 2.30. The fourth-order valence-corrected chi connectivity index (χ4v) is 3.17. The third-order valence-corrected chi connectivity index (χ3v) is 4.51. The Morgan fingerprint density at radius 3 is 2.89 bits per heavy atom. The van der Waals surface area contributed by atoms with Crippen LogP contribution >= 0.6 is 0 Å². The summed E-state index contributed by atoms with van der Waals surface area (Å²) in [6.07, 6.45) is 8.27. The lowest BCUT2D eigenvalue weighted by Gasteiger charge is -2.35. The Balaban J connectivity index is 1.87. The van der Waals surface area contributed by atoms with Gasteiger partial charge in [-0.15, -0.1) is 0 Å². The Hall–Kier alpha value is -0.870. The molecule has 3 atom stereocenters. The van der Waals surface area contributed by atoms with Gasteiger partial charge in [0.1, 0.15) is 5.82 Å². The molecule has 0 amide bonds. The Kier molecular flexibility index (Phi) is 4.99. The highest BCUT2D eigenvalue weighted by molar-refractivity contribution is 4.91. The van der Waals surface area contributed by atoms with Gasteiger partial charge < -0.3 is 9.67 Å². The molecule has 0 aliphatic heterocycles. The van der Waals surface area contributed by atoms with Crippen molar-refractivity contribution in [3.8, 4) is 0 Å². The third kappa shape index (κ3) is 3.80. The second kappa shape index (κ2) is 6.53. The van der Waals surface area contributed by atoms with Crippen molar-refractivity contribution in [1.29, 1.82) is 0 Å². The number of nitrogens with zero attached hydrogens (tertiary/aromatic N) is 3. The molecule has 1 heterocycles. The van der Waals surface area contributed by atoms with Gasteiger partial charge in [0.05, 0.1) is 12.6 Å². The van der Waals surface area contributed by atoms with Crippen LogP contribution in [-0.4, -0.2) is 39.3 Å². The van der Waals surface area contributed by atoms with E-state index in [-0.39, 0.29) is 6.10 Å². The first-order valence-corrected chi connectivity index (χ1v) is 7.43. The molecule has 0 radical (unpaired) electrons. The Morgan fingerprint density at radius 1 is 1.47 bits per heavy atom. The van der Waals surface area contributed by atoms with Crippen LogP contribution in [0.1, 0.15) is 38.4 Å². The molecule has 1 aromatic heterocycles. The molecule has 1 fully saturated rings. The van der Waals surface area contributed by atoms with Crippen molar-refractivity contribution in [2.75, 3.05) is 13.6 Å². The van der Waals surface area contributed by atoms with Crippen LogP contribution in [0.4, 0.5) is 0 Å². The predicted octanol–water partition coefficient (Wildman–Crippen LogP) is 2.04. The Morgan fingerprint density at radius 2 is 2.26 bits per heavy atom. The standard InChI is InChI=1S/C15H27N3O/c1-4-12-5-6-14(19)13(9-12)10-17(2)11-15-16-7-8-18(15)3/h7-8,12-14,19H,4-6,9-11H2,1-3H3. The molecule has 1 aromatic rings. The van der Waals surface area contributed by atoms with Crippen LogP contribution in [-0.2, 0) is 13.6 Å². The average molecular weight is 265 g/mol. The van der Waals surface area contributed by atoms with Gasteiger partial charge in [-0.05, 0) is 38.1 Å². The normalized spacial score (nSPS) is 27.9. The fraction of sp³-hybridized carbons (Fsp3) is 0.800. The van der Waals surface area contributed by atoms with E-state index >= 15 is 0 Å². The molecule has 1 aliphatic rings. The maximum Gasteiger partial charge on any atom is 0.122 e. The third-order valence-electron chi connectivity index (χ3n) is 4.51. The van der Waals surface area contributed by atoms with Crippen LogP contribution in [0.15, 0.2) is 12.4 Å². The number of imidazole rings is 1. The van der Waals surface area contributed by atoms with E-state index in [1.54, 1.807) is 0 Å². The molecule has 1 N–H and O–H groups in total. The van der Waals surface area contributed by atoms with Gasteiger partial charge in [0.25, 0.3) is 0 Å². The minimum atomic E-state index is -0.119. The maximum atomic E-state index is 10.2. The first-order chi connectivity index (χ1) is 9.10. The van der Waals surface area contributed by atoms with Crippen LogP contribution in [0.2, 0.25) is 0 Å². The topological polar surface area (TPSA) is 41.3 Å². The molecule has 3 unspecified atom stereocenters. The molecule has 0 aromatic carbocycles. The molecular weight excluding hydrogens is 238 g/mol. The predicted molar refractivity (Wildman–Crippen MR) is 76.7 cm³/mol. The zero-order chi connectivity index (χ0) is 13.8. The average Bonchev–Trinajstić information content (AvgIpc) is 2.78. The Labute approximate surface area is 116 Å². The smallest absolute Gasteiger partial charge is 0.122 e. The Bertz CT molecular complexity index is 390. The number of rotatable bonds is 5. The van der Waals surface area contributed by atoms with Crippen molar-refractivity contribution in [2.45, 2.75) is 45.3 Å². The van der Waals surface area contributed by atoms with Crippen molar-refractivity contribution < 1.29 is 5.11 Å². The molecule has 4 heteroatoms. The van der Waals surface area contributed by atoms with Gasteiger partial charge in [-0.3, -0.25) is 4.90 Å². The number of aromatic nitrogens is 2. The zero-order valence-electron chi connectivity index (χ0n) is 12.4. The minimum absolute atomic E-state index is 0.119. The van der Waals surface area contributed by atoms with E-state index < -0.39 is 0 Å². The summed E-state index contributed by atoms with van der Waals surface area (Å²) in [6, 6.07) is 0. The van der Waals surface area contributed by atoms with Crippen molar-refractivity contribution in [2.24, 2.45) is 18.9 Å². The van der Waals surface area contributed by atoms with E-state index in [0.29, 0.717) is 5.92 Å². The molecule has 0 saturated heterocycles. The lowest BCUT2D eigenvalue weighted by molar-refractivity contribution is 0.0294. The van der Waals surface area contributed by atoms with Crippen molar-refractivity contribution >= 4 is 0 Å². The fourth-order valence-electron chi connectivity index (χ4n) is 3.17. The van der Waals surface area contributed by atoms with E-state index in [1.165, 1.54) is 19.3 Å². The van der Waals surface area contributed by atoms with Gasteiger partial charge in [0.15, 0.2) is 0 Å². The van der Waals surface area contributed by atoms with Gasteiger partial charge in [-0.2, -0.15) is 0 Å². The van der Waals surface area contributed by atoms with Crippen molar-refractivity contribution in [3.05, 3.63) is 18.2 Å². The molecule has 0 bridgehead atoms. The molecular formula is C15H27N3O. The van der Waals surface area contributed by atoms with E-state index in [2.05, 4.69) is 28.4 Å². The van der Waals surface area contributed by atoms with Gasteiger partial charge in [-0.1, -0.05) is 13.3 Å². The summed E-state index contributed by atoms with van der Waals surface area (Å²) in [5, 5.41) is 10.2. The van der Waals surface area contributed by atoms with Gasteiger partial charge in [-0.25, -0.2) is 4.98 Å². The summed E-state index contributed by atoms with van der Waals surface area (Å²) < 4.78 is 2.06. The summed E-state index contributed by atoms with van der Waals surface area (Å²) in [7, 11) is 4.15. The molecule has 4 nitrogen and oxygen atoms in total. The van der Waals surface area contributed by atoms with E-state index in [0.717, 1.165) is 31.3 Å². The monoisotopic (exact) mass is 265 g/mol. The second-order valence-corrected chi connectivity index (χ2v) is 6.07. The van der Waals surface area contributed by atoms with Gasteiger partial charge in [0.2, 0.25) is 0 Å². The zero-order valence-corrected chi connectivity index (χ0v) is 12.4. The molecule has 19 heavy (non-hydrogen) atoms. The molecule has 108 valence electrons. The van der Waals surface area contributed by atoms with E-state index in [9.17, 15) is 5.11 Å². The lowest BCUT2D eigenvalue weighted by atomic mass is 9.78. The lowest BCUT2D eigenvalue weighted by Crippen LogP contribution is -2.37. The minimum Gasteiger partial charge on any atom is -0.393 e. The van der Waals surface area contributed by atoms with Gasteiger partial charge in [0, 0.05) is 26.0 Å². The number of aryl methyl sites for hydroxylation is 1. The van der Waals surface area contributed by atoms with E-state index in [4.69, 9.17) is 0 Å². The highest BCUT2D eigenvalue weighted by Crippen LogP contribution is 2.31. The van der Waals surface area contributed by atoms with E-state index in [1.807, 2.05) is 19.4 Å². The van der Waals surface area contributed by atoms with Crippen molar-refractivity contribution in [1.82, 2.24) is 14.5 Å². The first-order valence-electron chi connectivity index (χ1n) is 7.43. The largest absolute Gasteiger partial charge is 0.393 e. The summed E-state index contributed by atoms with van der Waals surface area (Å²) in [4.78, 5) is 6.64. The van der Waals surface area contributed by atoms with Crippen LogP contribution in [0.5, 0.6) is 0 Å². The molecule has 1 saturated carbocycles. The second-order valence-electron chi connectivity index (χ2n) is 6.07. The highest BCUT2D eigenvalue weighted by Gasteiger charge is 2.29. The van der Waals surface area contributed by atoms with Crippen molar-refractivity contribution in [3.63, 3.8) is 0 Å². The van der Waals surface area contributed by atoms with Crippen LogP contribution < -0.4 is 0 Å². The number of hydrogen-bond donors (Lipinski definition) is 1. The summed E-state index contributed by atoms with van der Waals surface area (Å²) in [5.41, 5.74) is 0. The number of aliphatic hydroxyl groups excluding tert-OH is 1. The first kappa shape index (κ1) is 14.5. The summed E-state index contributed by atoms with van der Waals surface area (Å²) >= 11 is 0. The molecule has 0 spiro atoms. The maximum absolute atomic E-state index is 10.2. The van der Waals surface area contributed by atoms with Crippen LogP contribution in [0.25, 0.3) is 0 Å². The quantitative estimate of drug-likeness (QED) is 0.886. The van der Waals surface area contributed by atoms with Crippen LogP contribution in [0.3, 0.4) is 0 Å². The number of hydrogen-bond acceptors (Lipinski definition) is 3. The number of aliphatic hydroxyl groups is 1. The van der Waals surface area contributed by atoms with Gasteiger partial charge >= 0.3 is 0 Å². The highest BCUT2D eigenvalue weighted by atomic mass is 16.3. The molecule has 2 rings (SSSR count). The summed E-state index contributed by atoms with van der Waals surface area (Å²) in [6.45, 7) is 4.07. The van der Waals surface area contributed by atoms with Crippen LogP contribution in [0, 0.1) is 11.8 Å². The SMILES string of the molecule is CCC1CCC(O)C(CN(C)Cc2nccn2C)C1.